The van der Waals surface area contributed by atoms with Crippen molar-refractivity contribution < 1.29 is 4.79 Å². The van der Waals surface area contributed by atoms with E-state index in [1.165, 1.54) is 44.2 Å². The van der Waals surface area contributed by atoms with Crippen molar-refractivity contribution in [2.75, 3.05) is 5.75 Å². The van der Waals surface area contributed by atoms with E-state index in [0.717, 1.165) is 22.2 Å². The molecule has 3 aliphatic carbocycles. The second-order valence-electron chi connectivity index (χ2n) is 7.81. The van der Waals surface area contributed by atoms with Gasteiger partial charge in [0, 0.05) is 35.0 Å². The van der Waals surface area contributed by atoms with Crippen molar-refractivity contribution in [3.05, 3.63) is 28.8 Å². The predicted molar refractivity (Wildman–Crippen MR) is 97.5 cm³/mol. The first kappa shape index (κ1) is 15.7. The van der Waals surface area contributed by atoms with Crippen molar-refractivity contribution in [2.45, 2.75) is 75.5 Å². The van der Waals surface area contributed by atoms with E-state index in [4.69, 9.17) is 0 Å². The third-order valence-corrected chi connectivity index (χ3v) is 6.52. The Hall–Kier alpha value is -1.56. The molecule has 0 amide bonds. The lowest BCUT2D eigenvalue weighted by molar-refractivity contribution is 0.102. The van der Waals surface area contributed by atoms with Crippen molar-refractivity contribution >= 4 is 17.5 Å². The number of ketones is 1. The fraction of sp³-hybridized carbons (Fsp3) is 0.632. The van der Waals surface area contributed by atoms with Gasteiger partial charge in [-0.1, -0.05) is 11.8 Å². The van der Waals surface area contributed by atoms with Crippen molar-refractivity contribution in [3.8, 4) is 0 Å². The molecule has 2 aromatic heterocycles. The fourth-order valence-electron chi connectivity index (χ4n) is 3.84. The summed E-state index contributed by atoms with van der Waals surface area (Å²) in [6.45, 7) is 4.20. The zero-order valence-corrected chi connectivity index (χ0v) is 15.7. The summed E-state index contributed by atoms with van der Waals surface area (Å²) in [6.07, 6.45) is 7.41. The Bertz CT molecular complexity index is 840. The molecule has 0 bridgehead atoms. The van der Waals surface area contributed by atoms with E-state index in [9.17, 15) is 4.79 Å². The maximum absolute atomic E-state index is 12.8. The van der Waals surface area contributed by atoms with Crippen LogP contribution in [0.25, 0.3) is 0 Å². The van der Waals surface area contributed by atoms with Crippen LogP contribution in [0.1, 0.15) is 84.1 Å². The Morgan fingerprint density at radius 2 is 1.76 bits per heavy atom. The molecule has 6 heteroatoms. The summed E-state index contributed by atoms with van der Waals surface area (Å²) in [5.41, 5.74) is 3.23. The van der Waals surface area contributed by atoms with Crippen LogP contribution in [0.5, 0.6) is 0 Å². The normalized spacial score (nSPS) is 20.2. The molecule has 25 heavy (non-hydrogen) atoms. The second kappa shape index (κ2) is 5.73. The van der Waals surface area contributed by atoms with Gasteiger partial charge in [-0.25, -0.2) is 0 Å². The Labute approximate surface area is 152 Å². The van der Waals surface area contributed by atoms with E-state index >= 15 is 0 Å². The molecule has 0 saturated heterocycles. The number of carbonyl (C=O) groups excluding carboxylic acids is 1. The fourth-order valence-corrected chi connectivity index (χ4v) is 4.74. The molecule has 2 aromatic rings. The van der Waals surface area contributed by atoms with Crippen molar-refractivity contribution in [3.63, 3.8) is 0 Å². The van der Waals surface area contributed by atoms with Gasteiger partial charge in [0.05, 0.1) is 5.75 Å². The molecular formula is C19H24N4OS. The lowest BCUT2D eigenvalue weighted by atomic mass is 10.2. The summed E-state index contributed by atoms with van der Waals surface area (Å²) >= 11 is 1.56. The first-order valence-corrected chi connectivity index (χ1v) is 10.4. The maximum atomic E-state index is 12.8. The average Bonchev–Trinajstić information content (AvgIpc) is 3.45. The number of aromatic nitrogens is 4. The summed E-state index contributed by atoms with van der Waals surface area (Å²) < 4.78 is 4.67. The highest BCUT2D eigenvalue weighted by Crippen LogP contribution is 2.46. The molecule has 0 N–H and O–H groups in total. The summed E-state index contributed by atoms with van der Waals surface area (Å²) in [4.78, 5) is 12.8. The quantitative estimate of drug-likeness (QED) is 0.550. The van der Waals surface area contributed by atoms with Crippen LogP contribution < -0.4 is 0 Å². The molecule has 3 fully saturated rings. The van der Waals surface area contributed by atoms with Gasteiger partial charge in [0.25, 0.3) is 0 Å². The number of Topliss-reactive ketones (excluding diaryl/α,β-unsaturated/α-hetero) is 1. The lowest BCUT2D eigenvalue weighted by Crippen LogP contribution is -2.07. The number of carbonyl (C=O) groups is 1. The highest BCUT2D eigenvalue weighted by Gasteiger charge is 2.36. The van der Waals surface area contributed by atoms with Crippen LogP contribution in [0.4, 0.5) is 0 Å². The maximum Gasteiger partial charge on any atom is 0.191 e. The molecule has 0 unspecified atom stereocenters. The SMILES string of the molecule is Cc1cc(C(=O)CSc2nnc(C3CC3)n2C2CC2)c(C)n1C1CC1. The van der Waals surface area contributed by atoms with Gasteiger partial charge in [-0.3, -0.25) is 4.79 Å². The molecule has 3 saturated carbocycles. The number of hydrogen-bond acceptors (Lipinski definition) is 4. The van der Waals surface area contributed by atoms with Crippen LogP contribution >= 0.6 is 11.8 Å². The molecule has 0 aromatic carbocycles. The molecule has 132 valence electrons. The molecule has 2 heterocycles. The summed E-state index contributed by atoms with van der Waals surface area (Å²) in [6, 6.07) is 3.26. The number of aryl methyl sites for hydroxylation is 1. The Kier molecular flexibility index (Phi) is 3.59. The van der Waals surface area contributed by atoms with E-state index in [2.05, 4.69) is 39.2 Å². The Morgan fingerprint density at radius 3 is 2.40 bits per heavy atom. The third kappa shape index (κ3) is 2.84. The standard InChI is InChI=1S/C19H24N4OS/c1-11-9-16(12(2)22(11)14-5-6-14)17(24)10-25-19-21-20-18(13-3-4-13)23(19)15-7-8-15/h9,13-15H,3-8,10H2,1-2H3. The van der Waals surface area contributed by atoms with Crippen LogP contribution in [-0.2, 0) is 0 Å². The number of nitrogens with zero attached hydrogens (tertiary/aromatic N) is 4. The van der Waals surface area contributed by atoms with Crippen LogP contribution in [0, 0.1) is 13.8 Å². The van der Waals surface area contributed by atoms with Gasteiger partial charge in [-0.15, -0.1) is 10.2 Å². The molecule has 0 aliphatic heterocycles. The molecule has 5 nitrogen and oxygen atoms in total. The van der Waals surface area contributed by atoms with E-state index < -0.39 is 0 Å². The van der Waals surface area contributed by atoms with Gasteiger partial charge in [0.1, 0.15) is 5.82 Å². The Morgan fingerprint density at radius 1 is 1.08 bits per heavy atom. The highest BCUT2D eigenvalue weighted by atomic mass is 32.2. The van der Waals surface area contributed by atoms with Crippen LogP contribution in [0.3, 0.4) is 0 Å². The monoisotopic (exact) mass is 356 g/mol. The van der Waals surface area contributed by atoms with Crippen molar-refractivity contribution in [1.29, 1.82) is 0 Å². The topological polar surface area (TPSA) is 52.7 Å². The van der Waals surface area contributed by atoms with Gasteiger partial charge in [-0.2, -0.15) is 0 Å². The molecule has 0 radical (unpaired) electrons. The smallest absolute Gasteiger partial charge is 0.191 e. The van der Waals surface area contributed by atoms with E-state index in [1.807, 2.05) is 0 Å². The van der Waals surface area contributed by atoms with E-state index in [1.54, 1.807) is 11.8 Å². The minimum absolute atomic E-state index is 0.211. The number of thioether (sulfide) groups is 1. The van der Waals surface area contributed by atoms with Crippen LogP contribution in [0.15, 0.2) is 11.2 Å². The summed E-state index contributed by atoms with van der Waals surface area (Å²) in [7, 11) is 0. The van der Waals surface area contributed by atoms with Gasteiger partial charge in [0.15, 0.2) is 10.9 Å². The Balaban J connectivity index is 1.33. The van der Waals surface area contributed by atoms with E-state index in [0.29, 0.717) is 23.8 Å². The zero-order valence-electron chi connectivity index (χ0n) is 14.9. The average molecular weight is 356 g/mol. The van der Waals surface area contributed by atoms with Crippen molar-refractivity contribution in [2.24, 2.45) is 0 Å². The van der Waals surface area contributed by atoms with Crippen molar-refractivity contribution in [1.82, 2.24) is 19.3 Å². The molecule has 0 atom stereocenters. The molecule has 0 spiro atoms. The highest BCUT2D eigenvalue weighted by molar-refractivity contribution is 7.99. The van der Waals surface area contributed by atoms with Crippen LogP contribution in [0.2, 0.25) is 0 Å². The molecular weight excluding hydrogens is 332 g/mol. The van der Waals surface area contributed by atoms with Gasteiger partial charge >= 0.3 is 0 Å². The van der Waals surface area contributed by atoms with Gasteiger partial charge in [-0.05, 0) is 58.4 Å². The molecule has 5 rings (SSSR count). The second-order valence-corrected chi connectivity index (χ2v) is 8.76. The van der Waals surface area contributed by atoms with E-state index in [-0.39, 0.29) is 5.78 Å². The first-order valence-electron chi connectivity index (χ1n) is 9.42. The first-order chi connectivity index (χ1) is 12.1. The number of rotatable bonds is 7. The van der Waals surface area contributed by atoms with Crippen LogP contribution in [-0.4, -0.2) is 30.9 Å². The number of hydrogen-bond donors (Lipinski definition) is 0. The largest absolute Gasteiger partial charge is 0.345 e. The van der Waals surface area contributed by atoms with Gasteiger partial charge < -0.3 is 9.13 Å². The zero-order chi connectivity index (χ0) is 17.1. The predicted octanol–water partition coefficient (Wildman–Crippen LogP) is 4.22. The summed E-state index contributed by atoms with van der Waals surface area (Å²) in [5, 5.41) is 9.78. The minimum Gasteiger partial charge on any atom is -0.345 e. The third-order valence-electron chi connectivity index (χ3n) is 5.57. The minimum atomic E-state index is 0.211. The lowest BCUT2D eigenvalue weighted by Gasteiger charge is -2.08. The van der Waals surface area contributed by atoms with Gasteiger partial charge in [0.2, 0.25) is 0 Å². The summed E-state index contributed by atoms with van der Waals surface area (Å²) in [5.74, 6) is 2.42. The molecule has 3 aliphatic rings.